The Labute approximate surface area is 64.6 Å². The molecular formula is C10H18. The monoisotopic (exact) mass is 138 g/mol. The zero-order valence-electron chi connectivity index (χ0n) is 7.19. The van der Waals surface area contributed by atoms with Gasteiger partial charge in [-0.25, -0.2) is 0 Å². The maximum atomic E-state index is 3.68. The van der Waals surface area contributed by atoms with Crippen molar-refractivity contribution in [3.05, 3.63) is 24.3 Å². The van der Waals surface area contributed by atoms with Crippen molar-refractivity contribution in [1.82, 2.24) is 0 Å². The molecule has 0 aromatic heterocycles. The van der Waals surface area contributed by atoms with Gasteiger partial charge in [-0.3, -0.25) is 0 Å². The van der Waals surface area contributed by atoms with Crippen LogP contribution in [0.2, 0.25) is 0 Å². The normalized spacial score (nSPS) is 11.6. The molecule has 0 radical (unpaired) electrons. The number of unbranched alkanes of at least 4 members (excludes halogenated alkanes) is 1. The molecule has 0 saturated carbocycles. The average molecular weight is 138 g/mol. The molecular weight excluding hydrogens is 120 g/mol. The van der Waals surface area contributed by atoms with E-state index in [4.69, 9.17) is 0 Å². The Bertz CT molecular complexity index is 109. The molecule has 0 unspecified atom stereocenters. The van der Waals surface area contributed by atoms with E-state index in [0.29, 0.717) is 0 Å². The molecule has 0 heteroatoms. The van der Waals surface area contributed by atoms with Crippen LogP contribution in [0.5, 0.6) is 0 Å². The summed E-state index contributed by atoms with van der Waals surface area (Å²) in [6.07, 6.45) is 9.09. The van der Waals surface area contributed by atoms with Crippen LogP contribution in [0.1, 0.15) is 39.5 Å². The maximum Gasteiger partial charge on any atom is -0.0320 e. The molecule has 0 saturated heterocycles. The lowest BCUT2D eigenvalue weighted by molar-refractivity contribution is 0.828. The van der Waals surface area contributed by atoms with Crippen LogP contribution in [0.25, 0.3) is 0 Å². The molecule has 0 aliphatic rings. The lowest BCUT2D eigenvalue weighted by atomic mass is 10.1. The Kier molecular flexibility index (Phi) is 6.25. The van der Waals surface area contributed by atoms with Gasteiger partial charge in [0.1, 0.15) is 0 Å². The van der Waals surface area contributed by atoms with E-state index in [1.807, 2.05) is 6.08 Å². The molecule has 0 spiro atoms. The molecule has 0 atom stereocenters. The van der Waals surface area contributed by atoms with Gasteiger partial charge in [0.15, 0.2) is 0 Å². The predicted molar refractivity (Wildman–Crippen MR) is 48.1 cm³/mol. The number of hydrogen-bond donors (Lipinski definition) is 0. The van der Waals surface area contributed by atoms with Crippen LogP contribution >= 0.6 is 0 Å². The van der Waals surface area contributed by atoms with Crippen molar-refractivity contribution in [1.29, 1.82) is 0 Å². The van der Waals surface area contributed by atoms with Gasteiger partial charge in [-0.05, 0) is 32.6 Å². The quantitative estimate of drug-likeness (QED) is 0.401. The molecule has 58 valence electrons. The van der Waals surface area contributed by atoms with Crippen molar-refractivity contribution in [3.8, 4) is 0 Å². The van der Waals surface area contributed by atoms with Crippen molar-refractivity contribution in [2.24, 2.45) is 0 Å². The topological polar surface area (TPSA) is 0 Å². The number of rotatable bonds is 5. The van der Waals surface area contributed by atoms with Crippen molar-refractivity contribution < 1.29 is 0 Å². The third kappa shape index (κ3) is 5.61. The summed E-state index contributed by atoms with van der Waals surface area (Å²) in [7, 11) is 0. The summed E-state index contributed by atoms with van der Waals surface area (Å²) in [5, 5.41) is 0. The summed E-state index contributed by atoms with van der Waals surface area (Å²) >= 11 is 0. The summed E-state index contributed by atoms with van der Waals surface area (Å²) < 4.78 is 0. The van der Waals surface area contributed by atoms with Crippen LogP contribution in [0, 0.1) is 0 Å². The molecule has 0 amide bonds. The maximum absolute atomic E-state index is 3.68. The van der Waals surface area contributed by atoms with Gasteiger partial charge in [-0.15, -0.1) is 6.58 Å². The summed E-state index contributed by atoms with van der Waals surface area (Å²) in [6, 6.07) is 0. The fourth-order valence-corrected chi connectivity index (χ4v) is 0.976. The van der Waals surface area contributed by atoms with E-state index >= 15 is 0 Å². The second-order valence-electron chi connectivity index (χ2n) is 2.64. The highest BCUT2D eigenvalue weighted by atomic mass is 13.9. The highest BCUT2D eigenvalue weighted by Gasteiger charge is 1.86. The van der Waals surface area contributed by atoms with Crippen molar-refractivity contribution >= 4 is 0 Å². The van der Waals surface area contributed by atoms with Gasteiger partial charge in [0.05, 0.1) is 0 Å². The zero-order chi connectivity index (χ0) is 7.82. The van der Waals surface area contributed by atoms with E-state index in [-0.39, 0.29) is 0 Å². The standard InChI is InChI=1S/C10H18/c1-4-6-7-9-10(3)8-5-2/h4,8H,1,5-7,9H2,2-3H3/b10-8+. The van der Waals surface area contributed by atoms with Crippen molar-refractivity contribution in [3.63, 3.8) is 0 Å². The number of allylic oxidation sites excluding steroid dienone is 3. The largest absolute Gasteiger partial charge is 0.103 e. The van der Waals surface area contributed by atoms with Crippen molar-refractivity contribution in [2.75, 3.05) is 0 Å². The lowest BCUT2D eigenvalue weighted by Crippen LogP contribution is -1.76. The van der Waals surface area contributed by atoms with Crippen LogP contribution in [0.3, 0.4) is 0 Å². The second kappa shape index (κ2) is 6.60. The highest BCUT2D eigenvalue weighted by Crippen LogP contribution is 2.06. The highest BCUT2D eigenvalue weighted by molar-refractivity contribution is 4.97. The van der Waals surface area contributed by atoms with E-state index in [2.05, 4.69) is 26.5 Å². The van der Waals surface area contributed by atoms with Crippen LogP contribution < -0.4 is 0 Å². The Morgan fingerprint density at radius 1 is 1.50 bits per heavy atom. The van der Waals surface area contributed by atoms with Gasteiger partial charge in [0.2, 0.25) is 0 Å². The van der Waals surface area contributed by atoms with E-state index in [9.17, 15) is 0 Å². The Hall–Kier alpha value is -0.520. The minimum atomic E-state index is 1.15. The predicted octanol–water partition coefficient (Wildman–Crippen LogP) is 3.70. The third-order valence-electron chi connectivity index (χ3n) is 1.53. The van der Waals surface area contributed by atoms with Gasteiger partial charge < -0.3 is 0 Å². The molecule has 0 rings (SSSR count). The summed E-state index contributed by atoms with van der Waals surface area (Å²) in [5.41, 5.74) is 1.52. The minimum Gasteiger partial charge on any atom is -0.103 e. The Morgan fingerprint density at radius 2 is 2.20 bits per heavy atom. The molecule has 0 aromatic rings. The molecule has 10 heavy (non-hydrogen) atoms. The first-order valence-electron chi connectivity index (χ1n) is 4.07. The van der Waals surface area contributed by atoms with Crippen LogP contribution in [-0.2, 0) is 0 Å². The average Bonchev–Trinajstić information content (AvgIpc) is 1.89. The van der Waals surface area contributed by atoms with Gasteiger partial charge in [0.25, 0.3) is 0 Å². The molecule has 0 nitrogen and oxygen atoms in total. The fourth-order valence-electron chi connectivity index (χ4n) is 0.976. The fraction of sp³-hybridized carbons (Fsp3) is 0.600. The molecule has 0 heterocycles. The van der Waals surface area contributed by atoms with Gasteiger partial charge >= 0.3 is 0 Å². The molecule has 0 fully saturated rings. The zero-order valence-corrected chi connectivity index (χ0v) is 7.19. The van der Waals surface area contributed by atoms with Crippen LogP contribution in [-0.4, -0.2) is 0 Å². The molecule has 0 N–H and O–H groups in total. The van der Waals surface area contributed by atoms with E-state index in [0.717, 1.165) is 6.42 Å². The van der Waals surface area contributed by atoms with E-state index in [1.54, 1.807) is 0 Å². The van der Waals surface area contributed by atoms with Crippen LogP contribution in [0.15, 0.2) is 24.3 Å². The van der Waals surface area contributed by atoms with E-state index in [1.165, 1.54) is 24.8 Å². The molecule has 0 aliphatic carbocycles. The molecule has 0 aliphatic heterocycles. The lowest BCUT2D eigenvalue weighted by Gasteiger charge is -1.96. The summed E-state index contributed by atoms with van der Waals surface area (Å²) in [5.74, 6) is 0. The first kappa shape index (κ1) is 9.48. The number of hydrogen-bond acceptors (Lipinski definition) is 0. The van der Waals surface area contributed by atoms with Gasteiger partial charge in [-0.2, -0.15) is 0 Å². The molecule has 0 aromatic carbocycles. The van der Waals surface area contributed by atoms with Gasteiger partial charge in [0, 0.05) is 0 Å². The third-order valence-corrected chi connectivity index (χ3v) is 1.53. The Balaban J connectivity index is 3.29. The minimum absolute atomic E-state index is 1.15. The summed E-state index contributed by atoms with van der Waals surface area (Å²) in [4.78, 5) is 0. The Morgan fingerprint density at radius 3 is 2.70 bits per heavy atom. The van der Waals surface area contributed by atoms with Crippen molar-refractivity contribution in [2.45, 2.75) is 39.5 Å². The first-order chi connectivity index (χ1) is 4.81. The smallest absolute Gasteiger partial charge is 0.0320 e. The molecule has 0 bridgehead atoms. The van der Waals surface area contributed by atoms with Crippen LogP contribution in [0.4, 0.5) is 0 Å². The SMILES string of the molecule is C=CCCC/C(C)=C/CC. The second-order valence-corrected chi connectivity index (χ2v) is 2.64. The summed E-state index contributed by atoms with van der Waals surface area (Å²) in [6.45, 7) is 8.06. The van der Waals surface area contributed by atoms with E-state index < -0.39 is 0 Å². The van der Waals surface area contributed by atoms with Gasteiger partial charge in [-0.1, -0.05) is 24.6 Å². The first-order valence-corrected chi connectivity index (χ1v) is 4.07.